The molecule has 2 unspecified atom stereocenters. The zero-order valence-electron chi connectivity index (χ0n) is 16.4. The minimum absolute atomic E-state index is 0.0898. The molecule has 7 nitrogen and oxygen atoms in total. The lowest BCUT2D eigenvalue weighted by molar-refractivity contribution is -0.166. The Bertz CT molecular complexity index is 705. The molecule has 0 spiro atoms. The van der Waals surface area contributed by atoms with E-state index in [1.807, 2.05) is 0 Å². The van der Waals surface area contributed by atoms with Crippen LogP contribution in [0.4, 0.5) is 0 Å². The van der Waals surface area contributed by atoms with Crippen LogP contribution in [0.2, 0.25) is 0 Å². The summed E-state index contributed by atoms with van der Waals surface area (Å²) in [5.74, 6) is -4.77. The van der Waals surface area contributed by atoms with Gasteiger partial charge < -0.3 is 14.2 Å². The van der Waals surface area contributed by atoms with Gasteiger partial charge in [0.1, 0.15) is 11.5 Å². The van der Waals surface area contributed by atoms with E-state index in [-0.39, 0.29) is 25.4 Å². The van der Waals surface area contributed by atoms with Gasteiger partial charge in [0.25, 0.3) is 0 Å². The maximum Gasteiger partial charge on any atom is 0.320 e. The summed E-state index contributed by atoms with van der Waals surface area (Å²) in [7, 11) is 1.51. The molecule has 0 saturated heterocycles. The second kappa shape index (κ2) is 10.0. The number of hydrogen-bond acceptors (Lipinski definition) is 7. The molecule has 0 amide bonds. The van der Waals surface area contributed by atoms with Gasteiger partial charge in [-0.15, -0.1) is 0 Å². The zero-order valence-corrected chi connectivity index (χ0v) is 16.4. The normalized spacial score (nSPS) is 19.2. The van der Waals surface area contributed by atoms with Crippen LogP contribution in [0.1, 0.15) is 43.5 Å². The minimum atomic E-state index is -1.30. The molecule has 152 valence electrons. The van der Waals surface area contributed by atoms with Crippen LogP contribution in [0.3, 0.4) is 0 Å². The first-order valence-electron chi connectivity index (χ1n) is 9.48. The predicted molar refractivity (Wildman–Crippen MR) is 99.9 cm³/mol. The molecule has 2 atom stereocenters. The number of esters is 2. The molecule has 1 fully saturated rings. The molecule has 1 aromatic carbocycles. The van der Waals surface area contributed by atoms with Crippen LogP contribution in [0.25, 0.3) is 0 Å². The molecule has 7 heteroatoms. The van der Waals surface area contributed by atoms with Crippen molar-refractivity contribution in [2.45, 2.75) is 33.1 Å². The van der Waals surface area contributed by atoms with Gasteiger partial charge in [0.2, 0.25) is 0 Å². The van der Waals surface area contributed by atoms with E-state index in [1.165, 1.54) is 7.11 Å². The van der Waals surface area contributed by atoms with E-state index in [0.29, 0.717) is 24.2 Å². The number of carbonyl (C=O) groups is 4. The second-order valence-electron chi connectivity index (χ2n) is 6.57. The number of Topliss-reactive ketones (excluding diaryl/α,β-unsaturated/α-hetero) is 2. The summed E-state index contributed by atoms with van der Waals surface area (Å²) in [6.45, 7) is 3.44. The topological polar surface area (TPSA) is 96.0 Å². The van der Waals surface area contributed by atoms with Crippen molar-refractivity contribution < 1.29 is 33.4 Å². The quantitative estimate of drug-likeness (QED) is 0.382. The molecule has 1 aliphatic rings. The number of ether oxygens (including phenoxy) is 3. The number of hydrogen-bond donors (Lipinski definition) is 0. The number of methoxy groups -OCH3 is 1. The van der Waals surface area contributed by atoms with Crippen molar-refractivity contribution in [1.29, 1.82) is 0 Å². The summed E-state index contributed by atoms with van der Waals surface area (Å²) in [6.07, 6.45) is 1.13. The number of benzene rings is 1. The predicted octanol–water partition coefficient (Wildman–Crippen LogP) is 2.61. The van der Waals surface area contributed by atoms with Crippen molar-refractivity contribution in [1.82, 2.24) is 0 Å². The van der Waals surface area contributed by atoms with Crippen molar-refractivity contribution in [2.75, 3.05) is 20.3 Å². The van der Waals surface area contributed by atoms with Crippen molar-refractivity contribution in [3.05, 3.63) is 29.8 Å². The first-order valence-corrected chi connectivity index (χ1v) is 9.48. The van der Waals surface area contributed by atoms with Crippen molar-refractivity contribution in [3.63, 3.8) is 0 Å². The Kier molecular flexibility index (Phi) is 7.72. The first kappa shape index (κ1) is 21.6. The highest BCUT2D eigenvalue weighted by atomic mass is 16.6. The average Bonchev–Trinajstić information content (AvgIpc) is 2.68. The van der Waals surface area contributed by atoms with Gasteiger partial charge in [-0.1, -0.05) is 0 Å². The van der Waals surface area contributed by atoms with Crippen molar-refractivity contribution >= 4 is 23.5 Å². The van der Waals surface area contributed by atoms with Gasteiger partial charge >= 0.3 is 11.9 Å². The summed E-state index contributed by atoms with van der Waals surface area (Å²) in [5.41, 5.74) is 0.331. The Hall–Kier alpha value is -2.70. The first-order chi connectivity index (χ1) is 13.4. The molecular weight excluding hydrogens is 364 g/mol. The van der Waals surface area contributed by atoms with E-state index >= 15 is 0 Å². The maximum atomic E-state index is 13.1. The highest BCUT2D eigenvalue weighted by Gasteiger charge is 2.48. The van der Waals surface area contributed by atoms with E-state index in [9.17, 15) is 19.2 Å². The van der Waals surface area contributed by atoms with Crippen LogP contribution in [-0.2, 0) is 23.9 Å². The monoisotopic (exact) mass is 390 g/mol. The minimum Gasteiger partial charge on any atom is -0.497 e. The van der Waals surface area contributed by atoms with Gasteiger partial charge in [-0.05, 0) is 56.9 Å². The third-order valence-electron chi connectivity index (χ3n) is 4.90. The van der Waals surface area contributed by atoms with Crippen LogP contribution in [0.5, 0.6) is 5.75 Å². The van der Waals surface area contributed by atoms with E-state index < -0.39 is 35.5 Å². The zero-order chi connectivity index (χ0) is 20.7. The van der Waals surface area contributed by atoms with E-state index in [1.54, 1.807) is 38.1 Å². The molecule has 0 bridgehead atoms. The molecule has 1 aromatic rings. The molecule has 0 aliphatic heterocycles. The summed E-state index contributed by atoms with van der Waals surface area (Å²) >= 11 is 0. The molecule has 28 heavy (non-hydrogen) atoms. The molecule has 0 N–H and O–H groups in total. The van der Waals surface area contributed by atoms with Crippen LogP contribution in [0, 0.1) is 17.8 Å². The Morgan fingerprint density at radius 3 is 2.11 bits per heavy atom. The lowest BCUT2D eigenvalue weighted by Crippen LogP contribution is -2.45. The SMILES string of the molecule is CCOC(=O)C(C(=O)OCC)C1CCCC(=O)C1C(=O)c1ccc(OC)cc1. The molecule has 1 aliphatic carbocycles. The standard InChI is InChI=1S/C21H26O7/c1-4-27-20(24)18(21(25)28-5-2)15-7-6-8-16(22)17(15)19(23)13-9-11-14(26-3)12-10-13/h9-12,15,17-18H,4-8H2,1-3H3. The van der Waals surface area contributed by atoms with E-state index in [2.05, 4.69) is 0 Å². The average molecular weight is 390 g/mol. The van der Waals surface area contributed by atoms with Gasteiger partial charge in [-0.2, -0.15) is 0 Å². The summed E-state index contributed by atoms with van der Waals surface area (Å²) in [4.78, 5) is 50.8. The van der Waals surface area contributed by atoms with Gasteiger partial charge in [0.05, 0.1) is 26.2 Å². The fraction of sp³-hybridized carbons (Fsp3) is 0.524. The maximum absolute atomic E-state index is 13.1. The molecular formula is C21H26O7. The largest absolute Gasteiger partial charge is 0.497 e. The molecule has 0 heterocycles. The highest BCUT2D eigenvalue weighted by molar-refractivity contribution is 6.12. The summed E-state index contributed by atoms with van der Waals surface area (Å²) < 4.78 is 15.2. The Balaban J connectivity index is 2.39. The molecule has 1 saturated carbocycles. The Morgan fingerprint density at radius 2 is 1.61 bits per heavy atom. The number of ketones is 2. The Morgan fingerprint density at radius 1 is 1.04 bits per heavy atom. The van der Waals surface area contributed by atoms with E-state index in [0.717, 1.165) is 0 Å². The van der Waals surface area contributed by atoms with Crippen molar-refractivity contribution in [3.8, 4) is 5.75 Å². The smallest absolute Gasteiger partial charge is 0.320 e. The van der Waals surface area contributed by atoms with Crippen LogP contribution in [-0.4, -0.2) is 43.8 Å². The highest BCUT2D eigenvalue weighted by Crippen LogP contribution is 2.37. The van der Waals surface area contributed by atoms with Gasteiger partial charge in [-0.25, -0.2) is 0 Å². The lowest BCUT2D eigenvalue weighted by atomic mass is 9.69. The van der Waals surface area contributed by atoms with Crippen LogP contribution >= 0.6 is 0 Å². The fourth-order valence-electron chi connectivity index (χ4n) is 3.62. The molecule has 2 rings (SSSR count). The third kappa shape index (κ3) is 4.77. The summed E-state index contributed by atoms with van der Waals surface area (Å²) in [6, 6.07) is 6.40. The van der Waals surface area contributed by atoms with Gasteiger partial charge in [0, 0.05) is 12.0 Å². The number of rotatable bonds is 8. The second-order valence-corrected chi connectivity index (χ2v) is 6.57. The van der Waals surface area contributed by atoms with E-state index in [4.69, 9.17) is 14.2 Å². The van der Waals surface area contributed by atoms with Crippen LogP contribution in [0.15, 0.2) is 24.3 Å². The molecule has 0 radical (unpaired) electrons. The van der Waals surface area contributed by atoms with Crippen molar-refractivity contribution in [2.24, 2.45) is 17.8 Å². The molecule has 0 aromatic heterocycles. The Labute approximate surface area is 164 Å². The van der Waals surface area contributed by atoms with Crippen LogP contribution < -0.4 is 4.74 Å². The van der Waals surface area contributed by atoms with Gasteiger partial charge in [-0.3, -0.25) is 19.2 Å². The number of carbonyl (C=O) groups excluding carboxylic acids is 4. The summed E-state index contributed by atoms with van der Waals surface area (Å²) in [5, 5.41) is 0. The third-order valence-corrected chi connectivity index (χ3v) is 4.90. The fourth-order valence-corrected chi connectivity index (χ4v) is 3.62. The van der Waals surface area contributed by atoms with Gasteiger partial charge in [0.15, 0.2) is 11.7 Å². The lowest BCUT2D eigenvalue weighted by Gasteiger charge is -2.33.